The third kappa shape index (κ3) is 3.13. The molecule has 0 N–H and O–H groups in total. The quantitative estimate of drug-likeness (QED) is 0.485. The number of ether oxygens (including phenoxy) is 1. The number of morpholine rings is 1. The van der Waals surface area contributed by atoms with Gasteiger partial charge in [-0.3, -0.25) is 10.1 Å². The van der Waals surface area contributed by atoms with E-state index in [1.165, 1.54) is 12.1 Å². The third-order valence-electron chi connectivity index (χ3n) is 3.21. The van der Waals surface area contributed by atoms with Crippen LogP contribution in [0.25, 0.3) is 0 Å². The van der Waals surface area contributed by atoms with Crippen LogP contribution in [0.1, 0.15) is 20.3 Å². The van der Waals surface area contributed by atoms with Gasteiger partial charge in [-0.2, -0.15) is 0 Å². The van der Waals surface area contributed by atoms with Gasteiger partial charge in [-0.15, -0.1) is 0 Å². The molecule has 1 aliphatic heterocycles. The van der Waals surface area contributed by atoms with E-state index in [1.807, 2.05) is 11.8 Å². The van der Waals surface area contributed by atoms with Gasteiger partial charge in [-0.1, -0.05) is 18.5 Å². The molecule has 2 unspecified atom stereocenters. The molecule has 2 heterocycles. The third-order valence-corrected chi connectivity index (χ3v) is 3.40. The van der Waals surface area contributed by atoms with E-state index in [1.54, 1.807) is 0 Å². The van der Waals surface area contributed by atoms with Crippen molar-refractivity contribution in [1.82, 2.24) is 4.98 Å². The number of rotatable bonds is 3. The van der Waals surface area contributed by atoms with Gasteiger partial charge in [0.2, 0.25) is 0 Å². The number of halogens is 1. The average Bonchev–Trinajstić information content (AvgIpc) is 2.37. The second-order valence-corrected chi connectivity index (χ2v) is 5.01. The number of nitrogens with zero attached hydrogens (tertiary/aromatic N) is 3. The van der Waals surface area contributed by atoms with Gasteiger partial charge < -0.3 is 9.64 Å². The zero-order valence-electron chi connectivity index (χ0n) is 10.9. The van der Waals surface area contributed by atoms with Gasteiger partial charge in [0.1, 0.15) is 11.0 Å². The molecular formula is C12H16ClN3O3. The maximum absolute atomic E-state index is 10.9. The summed E-state index contributed by atoms with van der Waals surface area (Å²) in [5.74, 6) is 0.543. The number of pyridine rings is 1. The fourth-order valence-electron chi connectivity index (χ4n) is 2.19. The Labute approximate surface area is 116 Å². The fraction of sp³-hybridized carbons (Fsp3) is 0.583. The summed E-state index contributed by atoms with van der Waals surface area (Å²) >= 11 is 5.87. The van der Waals surface area contributed by atoms with E-state index in [9.17, 15) is 10.1 Å². The summed E-state index contributed by atoms with van der Waals surface area (Å²) in [6, 6.07) is 2.89. The van der Waals surface area contributed by atoms with Crippen LogP contribution in [-0.2, 0) is 4.74 Å². The van der Waals surface area contributed by atoms with E-state index in [2.05, 4.69) is 11.9 Å². The van der Waals surface area contributed by atoms with Gasteiger partial charge in [0.15, 0.2) is 0 Å². The lowest BCUT2D eigenvalue weighted by Crippen LogP contribution is -2.49. The molecule has 0 spiro atoms. The number of hydrogen-bond acceptors (Lipinski definition) is 5. The Hall–Kier alpha value is -1.40. The molecule has 1 fully saturated rings. The molecule has 0 saturated carbocycles. The Morgan fingerprint density at radius 2 is 2.37 bits per heavy atom. The van der Waals surface area contributed by atoms with Gasteiger partial charge in [-0.05, 0) is 13.3 Å². The van der Waals surface area contributed by atoms with E-state index in [0.29, 0.717) is 19.0 Å². The molecule has 1 aromatic heterocycles. The first-order chi connectivity index (χ1) is 9.01. The highest BCUT2D eigenvalue weighted by atomic mass is 35.5. The van der Waals surface area contributed by atoms with Crippen LogP contribution in [0.15, 0.2) is 12.1 Å². The predicted molar refractivity (Wildman–Crippen MR) is 72.7 cm³/mol. The lowest BCUT2D eigenvalue weighted by Gasteiger charge is -2.39. The Balaban J connectivity index is 2.35. The summed E-state index contributed by atoms with van der Waals surface area (Å²) in [5, 5.41) is 11.0. The van der Waals surface area contributed by atoms with Crippen molar-refractivity contribution in [3.63, 3.8) is 0 Å². The zero-order valence-corrected chi connectivity index (χ0v) is 11.6. The largest absolute Gasteiger partial charge is 0.375 e. The molecule has 1 aliphatic rings. The Kier molecular flexibility index (Phi) is 4.21. The van der Waals surface area contributed by atoms with Gasteiger partial charge in [0.25, 0.3) is 5.69 Å². The summed E-state index contributed by atoms with van der Waals surface area (Å²) in [4.78, 5) is 16.7. The molecule has 6 nitrogen and oxygen atoms in total. The smallest absolute Gasteiger partial charge is 0.276 e. The first kappa shape index (κ1) is 14.0. The number of aromatic nitrogens is 1. The van der Waals surface area contributed by atoms with Crippen molar-refractivity contribution in [3.05, 3.63) is 27.4 Å². The molecule has 0 radical (unpaired) electrons. The van der Waals surface area contributed by atoms with E-state index >= 15 is 0 Å². The first-order valence-electron chi connectivity index (χ1n) is 6.21. The lowest BCUT2D eigenvalue weighted by molar-refractivity contribution is -0.384. The van der Waals surface area contributed by atoms with E-state index in [4.69, 9.17) is 16.3 Å². The van der Waals surface area contributed by atoms with Crippen molar-refractivity contribution in [3.8, 4) is 0 Å². The minimum Gasteiger partial charge on any atom is -0.375 e. The van der Waals surface area contributed by atoms with Crippen molar-refractivity contribution < 1.29 is 9.66 Å². The molecule has 1 saturated heterocycles. The lowest BCUT2D eigenvalue weighted by atomic mass is 10.1. The number of hydrogen-bond donors (Lipinski definition) is 0. The second kappa shape index (κ2) is 5.71. The van der Waals surface area contributed by atoms with Crippen LogP contribution >= 0.6 is 11.6 Å². The maximum atomic E-state index is 10.9. The fourth-order valence-corrected chi connectivity index (χ4v) is 2.38. The van der Waals surface area contributed by atoms with Crippen molar-refractivity contribution in [1.29, 1.82) is 0 Å². The molecule has 0 aromatic carbocycles. The van der Waals surface area contributed by atoms with Crippen LogP contribution in [0.3, 0.4) is 0 Å². The monoisotopic (exact) mass is 285 g/mol. The Morgan fingerprint density at radius 1 is 1.63 bits per heavy atom. The van der Waals surface area contributed by atoms with Crippen molar-refractivity contribution in [2.24, 2.45) is 0 Å². The van der Waals surface area contributed by atoms with Gasteiger partial charge >= 0.3 is 0 Å². The summed E-state index contributed by atoms with van der Waals surface area (Å²) in [5.41, 5.74) is -0.0380. The zero-order chi connectivity index (χ0) is 14.0. The molecule has 0 bridgehead atoms. The number of anilines is 1. The summed E-state index contributed by atoms with van der Waals surface area (Å²) in [7, 11) is 0. The highest BCUT2D eigenvalue weighted by Crippen LogP contribution is 2.27. The summed E-state index contributed by atoms with van der Waals surface area (Å²) < 4.78 is 5.60. The second-order valence-electron chi connectivity index (χ2n) is 4.62. The molecule has 0 amide bonds. The molecule has 104 valence electrons. The molecule has 19 heavy (non-hydrogen) atoms. The van der Waals surface area contributed by atoms with Gasteiger partial charge in [-0.25, -0.2) is 4.98 Å². The average molecular weight is 286 g/mol. The van der Waals surface area contributed by atoms with Crippen molar-refractivity contribution in [2.45, 2.75) is 32.4 Å². The number of nitro groups is 1. The maximum Gasteiger partial charge on any atom is 0.276 e. The Morgan fingerprint density at radius 3 is 3.00 bits per heavy atom. The van der Waals surface area contributed by atoms with E-state index in [-0.39, 0.29) is 23.0 Å². The minimum atomic E-state index is -0.456. The van der Waals surface area contributed by atoms with Crippen LogP contribution in [0.2, 0.25) is 5.15 Å². The highest BCUT2D eigenvalue weighted by Gasteiger charge is 2.28. The molecule has 7 heteroatoms. The molecule has 2 atom stereocenters. The van der Waals surface area contributed by atoms with Crippen LogP contribution in [0, 0.1) is 10.1 Å². The van der Waals surface area contributed by atoms with E-state index < -0.39 is 4.92 Å². The minimum absolute atomic E-state index is 0.0380. The first-order valence-corrected chi connectivity index (χ1v) is 6.59. The molecule has 2 rings (SSSR count). The SMILES string of the molecule is CCC1COC(C)CN1c1cc([N+](=O)[O-])cc(Cl)n1. The highest BCUT2D eigenvalue weighted by molar-refractivity contribution is 6.29. The van der Waals surface area contributed by atoms with Crippen molar-refractivity contribution in [2.75, 3.05) is 18.1 Å². The van der Waals surface area contributed by atoms with Gasteiger partial charge in [0, 0.05) is 6.54 Å². The Bertz CT molecular complexity index is 483. The topological polar surface area (TPSA) is 68.5 Å². The predicted octanol–water partition coefficient (Wildman–Crippen LogP) is 2.65. The van der Waals surface area contributed by atoms with Crippen LogP contribution in [0.4, 0.5) is 11.5 Å². The molecule has 1 aromatic rings. The van der Waals surface area contributed by atoms with Gasteiger partial charge in [0.05, 0.1) is 35.8 Å². The van der Waals surface area contributed by atoms with Crippen LogP contribution < -0.4 is 4.90 Å². The molecular weight excluding hydrogens is 270 g/mol. The van der Waals surface area contributed by atoms with E-state index in [0.717, 1.165) is 6.42 Å². The summed E-state index contributed by atoms with van der Waals surface area (Å²) in [6.07, 6.45) is 0.956. The van der Waals surface area contributed by atoms with Crippen LogP contribution in [-0.4, -0.2) is 35.2 Å². The van der Waals surface area contributed by atoms with Crippen LogP contribution in [0.5, 0.6) is 0 Å². The standard InChI is InChI=1S/C12H16ClN3O3/c1-3-9-7-19-8(2)6-15(9)12-5-10(16(17)18)4-11(13)14-12/h4-5,8-9H,3,6-7H2,1-2H3. The molecule has 0 aliphatic carbocycles. The van der Waals surface area contributed by atoms with Crippen molar-refractivity contribution >= 4 is 23.1 Å². The summed E-state index contributed by atoms with van der Waals surface area (Å²) in [6.45, 7) is 5.27. The normalized spacial score (nSPS) is 23.4.